The van der Waals surface area contributed by atoms with Crippen LogP contribution in [0.15, 0.2) is 0 Å². The Morgan fingerprint density at radius 2 is 1.92 bits per heavy atom. The van der Waals surface area contributed by atoms with Crippen molar-refractivity contribution in [2.24, 2.45) is 17.1 Å². The molecule has 0 heterocycles. The maximum absolute atomic E-state index is 5.59. The quantitative estimate of drug-likeness (QED) is 0.624. The summed E-state index contributed by atoms with van der Waals surface area (Å²) in [7, 11) is 0. The molecule has 0 atom stereocenters. The number of rotatable bonds is 6. The minimum atomic E-state index is 0.233. The van der Waals surface area contributed by atoms with Crippen molar-refractivity contribution in [3.63, 3.8) is 0 Å². The largest absolute Gasteiger partial charge is 0.381 e. The zero-order chi connectivity index (χ0) is 9.61. The average Bonchev–Trinajstić information content (AvgIpc) is 1.98. The van der Waals surface area contributed by atoms with Gasteiger partial charge >= 0.3 is 0 Å². The van der Waals surface area contributed by atoms with Crippen LogP contribution in [0.2, 0.25) is 0 Å². The van der Waals surface area contributed by atoms with E-state index in [2.05, 4.69) is 27.7 Å². The lowest BCUT2D eigenvalue weighted by Gasteiger charge is -2.22. The van der Waals surface area contributed by atoms with Gasteiger partial charge in [0.1, 0.15) is 0 Å². The Bertz CT molecular complexity index is 110. The molecule has 0 aliphatic heterocycles. The van der Waals surface area contributed by atoms with E-state index in [-0.39, 0.29) is 5.41 Å². The van der Waals surface area contributed by atoms with Gasteiger partial charge in [0, 0.05) is 13.2 Å². The van der Waals surface area contributed by atoms with Crippen molar-refractivity contribution in [1.29, 1.82) is 0 Å². The highest BCUT2D eigenvalue weighted by molar-refractivity contribution is 4.68. The average molecular weight is 173 g/mol. The third-order valence-corrected chi connectivity index (χ3v) is 1.93. The Balaban J connectivity index is 3.31. The SMILES string of the molecule is CC(C)COCCC(C)(C)CN. The van der Waals surface area contributed by atoms with E-state index in [4.69, 9.17) is 10.5 Å². The van der Waals surface area contributed by atoms with Gasteiger partial charge < -0.3 is 10.5 Å². The van der Waals surface area contributed by atoms with Gasteiger partial charge in [-0.1, -0.05) is 27.7 Å². The molecule has 0 amide bonds. The predicted molar refractivity (Wildman–Crippen MR) is 53.1 cm³/mol. The van der Waals surface area contributed by atoms with Crippen molar-refractivity contribution in [2.45, 2.75) is 34.1 Å². The summed E-state index contributed by atoms with van der Waals surface area (Å²) in [5.41, 5.74) is 5.83. The van der Waals surface area contributed by atoms with Crippen molar-refractivity contribution >= 4 is 0 Å². The van der Waals surface area contributed by atoms with E-state index in [0.717, 1.165) is 26.2 Å². The van der Waals surface area contributed by atoms with Crippen LogP contribution in [-0.2, 0) is 4.74 Å². The van der Waals surface area contributed by atoms with E-state index < -0.39 is 0 Å². The van der Waals surface area contributed by atoms with Gasteiger partial charge in [-0.2, -0.15) is 0 Å². The number of hydrogen-bond acceptors (Lipinski definition) is 2. The maximum atomic E-state index is 5.59. The molecule has 0 aliphatic carbocycles. The van der Waals surface area contributed by atoms with Crippen LogP contribution >= 0.6 is 0 Å². The minimum Gasteiger partial charge on any atom is -0.381 e. The summed E-state index contributed by atoms with van der Waals surface area (Å²) in [5, 5.41) is 0. The van der Waals surface area contributed by atoms with E-state index in [1.54, 1.807) is 0 Å². The van der Waals surface area contributed by atoms with Crippen LogP contribution < -0.4 is 5.73 Å². The zero-order valence-corrected chi connectivity index (χ0v) is 8.89. The summed E-state index contributed by atoms with van der Waals surface area (Å²) in [6.07, 6.45) is 1.05. The van der Waals surface area contributed by atoms with E-state index in [1.807, 2.05) is 0 Å². The zero-order valence-electron chi connectivity index (χ0n) is 8.89. The van der Waals surface area contributed by atoms with Crippen LogP contribution in [0.1, 0.15) is 34.1 Å². The lowest BCUT2D eigenvalue weighted by Crippen LogP contribution is -2.25. The fourth-order valence-electron chi connectivity index (χ4n) is 0.770. The Hall–Kier alpha value is -0.0800. The molecule has 0 radical (unpaired) electrons. The summed E-state index contributed by atoms with van der Waals surface area (Å²) < 4.78 is 5.48. The first-order chi connectivity index (χ1) is 5.48. The van der Waals surface area contributed by atoms with Gasteiger partial charge in [-0.25, -0.2) is 0 Å². The second-order valence-corrected chi connectivity index (χ2v) is 4.59. The number of ether oxygens (including phenoxy) is 1. The van der Waals surface area contributed by atoms with E-state index in [1.165, 1.54) is 0 Å². The molecule has 0 rings (SSSR count). The molecule has 0 aliphatic rings. The molecule has 0 aromatic rings. The molecule has 2 N–H and O–H groups in total. The summed E-state index contributed by atoms with van der Waals surface area (Å²) in [5.74, 6) is 0.631. The molecular weight excluding hydrogens is 150 g/mol. The Labute approximate surface area is 76.5 Å². The normalized spacial score (nSPS) is 12.5. The third-order valence-electron chi connectivity index (χ3n) is 1.93. The van der Waals surface area contributed by atoms with Crippen molar-refractivity contribution in [1.82, 2.24) is 0 Å². The van der Waals surface area contributed by atoms with E-state index in [0.29, 0.717) is 5.92 Å². The van der Waals surface area contributed by atoms with E-state index in [9.17, 15) is 0 Å². The second-order valence-electron chi connectivity index (χ2n) is 4.59. The van der Waals surface area contributed by atoms with Gasteiger partial charge in [0.2, 0.25) is 0 Å². The molecule has 0 aromatic carbocycles. The summed E-state index contributed by atoms with van der Waals surface area (Å²) in [6.45, 7) is 11.1. The van der Waals surface area contributed by atoms with Crippen molar-refractivity contribution in [2.75, 3.05) is 19.8 Å². The van der Waals surface area contributed by atoms with Crippen molar-refractivity contribution in [3.05, 3.63) is 0 Å². The van der Waals surface area contributed by atoms with Crippen molar-refractivity contribution in [3.8, 4) is 0 Å². The summed E-state index contributed by atoms with van der Waals surface area (Å²) in [6, 6.07) is 0. The maximum Gasteiger partial charge on any atom is 0.0488 e. The topological polar surface area (TPSA) is 35.2 Å². The number of hydrogen-bond donors (Lipinski definition) is 1. The first kappa shape index (κ1) is 11.9. The molecule has 12 heavy (non-hydrogen) atoms. The van der Waals surface area contributed by atoms with Gasteiger partial charge in [-0.15, -0.1) is 0 Å². The fourth-order valence-corrected chi connectivity index (χ4v) is 0.770. The molecule has 0 spiro atoms. The van der Waals surface area contributed by atoms with Gasteiger partial charge in [0.15, 0.2) is 0 Å². The lowest BCUT2D eigenvalue weighted by atomic mass is 9.90. The highest BCUT2D eigenvalue weighted by atomic mass is 16.5. The Morgan fingerprint density at radius 1 is 1.33 bits per heavy atom. The van der Waals surface area contributed by atoms with Crippen LogP contribution in [0.5, 0.6) is 0 Å². The minimum absolute atomic E-state index is 0.233. The molecule has 2 heteroatoms. The molecular formula is C10H23NO. The van der Waals surface area contributed by atoms with Gasteiger partial charge in [0.05, 0.1) is 0 Å². The fraction of sp³-hybridized carbons (Fsp3) is 1.00. The summed E-state index contributed by atoms with van der Waals surface area (Å²) >= 11 is 0. The third kappa shape index (κ3) is 6.62. The van der Waals surface area contributed by atoms with Crippen LogP contribution in [0.4, 0.5) is 0 Å². The first-order valence-electron chi connectivity index (χ1n) is 4.76. The molecule has 74 valence electrons. The lowest BCUT2D eigenvalue weighted by molar-refractivity contribution is 0.0863. The smallest absolute Gasteiger partial charge is 0.0488 e. The van der Waals surface area contributed by atoms with Gasteiger partial charge in [0.25, 0.3) is 0 Å². The second kappa shape index (κ2) is 5.55. The van der Waals surface area contributed by atoms with Gasteiger partial charge in [-0.3, -0.25) is 0 Å². The Morgan fingerprint density at radius 3 is 2.33 bits per heavy atom. The standard InChI is InChI=1S/C10H23NO/c1-9(2)7-12-6-5-10(3,4)8-11/h9H,5-8,11H2,1-4H3. The molecule has 0 saturated heterocycles. The molecule has 2 nitrogen and oxygen atoms in total. The Kier molecular flexibility index (Phi) is 5.51. The molecule has 0 unspecified atom stereocenters. The first-order valence-corrected chi connectivity index (χ1v) is 4.76. The van der Waals surface area contributed by atoms with E-state index >= 15 is 0 Å². The van der Waals surface area contributed by atoms with Crippen LogP contribution in [0.3, 0.4) is 0 Å². The van der Waals surface area contributed by atoms with Gasteiger partial charge in [-0.05, 0) is 24.3 Å². The molecule has 0 aromatic heterocycles. The summed E-state index contributed by atoms with van der Waals surface area (Å²) in [4.78, 5) is 0. The highest BCUT2D eigenvalue weighted by Gasteiger charge is 2.14. The highest BCUT2D eigenvalue weighted by Crippen LogP contribution is 2.17. The monoisotopic (exact) mass is 173 g/mol. The van der Waals surface area contributed by atoms with Crippen molar-refractivity contribution < 1.29 is 4.74 Å². The molecule has 0 saturated carbocycles. The predicted octanol–water partition coefficient (Wildman–Crippen LogP) is 2.03. The molecule has 0 fully saturated rings. The molecule has 0 bridgehead atoms. The van der Waals surface area contributed by atoms with Crippen LogP contribution in [-0.4, -0.2) is 19.8 Å². The van der Waals surface area contributed by atoms with Crippen LogP contribution in [0.25, 0.3) is 0 Å². The number of nitrogens with two attached hydrogens (primary N) is 1. The van der Waals surface area contributed by atoms with Crippen LogP contribution in [0, 0.1) is 11.3 Å².